The zero-order valence-corrected chi connectivity index (χ0v) is 14.0. The molecule has 3 heteroatoms. The van der Waals surface area contributed by atoms with Gasteiger partial charge in [0.2, 0.25) is 0 Å². The molecule has 118 valence electrons. The lowest BCUT2D eigenvalue weighted by Gasteiger charge is -2.45. The molecule has 1 heterocycles. The molecule has 0 aromatic carbocycles. The Morgan fingerprint density at radius 3 is 2.80 bits per heavy atom. The minimum atomic E-state index is 0.518. The van der Waals surface area contributed by atoms with E-state index in [-0.39, 0.29) is 0 Å². The van der Waals surface area contributed by atoms with Crippen LogP contribution in [0.3, 0.4) is 0 Å². The second kappa shape index (κ2) is 7.24. The number of ether oxygens (including phenoxy) is 1. The van der Waals surface area contributed by atoms with E-state index >= 15 is 0 Å². The third-order valence-corrected chi connectivity index (χ3v) is 5.27. The van der Waals surface area contributed by atoms with Crippen LogP contribution in [0.15, 0.2) is 0 Å². The van der Waals surface area contributed by atoms with Gasteiger partial charge in [-0.3, -0.25) is 4.90 Å². The van der Waals surface area contributed by atoms with Crippen LogP contribution in [0.4, 0.5) is 0 Å². The SMILES string of the molecule is CCNC1CCC(C)(C)CC1CN1CCOCC1CC. The summed E-state index contributed by atoms with van der Waals surface area (Å²) in [6.45, 7) is 14.7. The van der Waals surface area contributed by atoms with Crippen LogP contribution in [0.5, 0.6) is 0 Å². The zero-order valence-electron chi connectivity index (χ0n) is 14.0. The van der Waals surface area contributed by atoms with Gasteiger partial charge < -0.3 is 10.1 Å². The van der Waals surface area contributed by atoms with Crippen molar-refractivity contribution >= 4 is 0 Å². The fourth-order valence-corrected chi connectivity index (χ4v) is 4.07. The van der Waals surface area contributed by atoms with Crippen LogP contribution in [-0.4, -0.2) is 49.8 Å². The first kappa shape index (κ1) is 16.3. The molecular weight excluding hydrogens is 248 g/mol. The molecule has 0 amide bonds. The van der Waals surface area contributed by atoms with Gasteiger partial charge in [-0.25, -0.2) is 0 Å². The Balaban J connectivity index is 1.98. The molecule has 1 saturated carbocycles. The van der Waals surface area contributed by atoms with Crippen LogP contribution in [0.1, 0.15) is 53.4 Å². The van der Waals surface area contributed by atoms with Gasteiger partial charge in [-0.05, 0) is 43.6 Å². The summed E-state index contributed by atoms with van der Waals surface area (Å²) in [5, 5.41) is 3.74. The molecule has 0 aromatic heterocycles. The first-order valence-electron chi connectivity index (χ1n) is 8.61. The molecule has 1 aliphatic heterocycles. The maximum absolute atomic E-state index is 5.65. The van der Waals surface area contributed by atoms with Gasteiger partial charge >= 0.3 is 0 Å². The van der Waals surface area contributed by atoms with Gasteiger partial charge in [0.1, 0.15) is 0 Å². The highest BCUT2D eigenvalue weighted by Crippen LogP contribution is 2.39. The number of hydrogen-bond acceptors (Lipinski definition) is 3. The topological polar surface area (TPSA) is 24.5 Å². The Labute approximate surface area is 125 Å². The average molecular weight is 282 g/mol. The molecule has 0 spiro atoms. The van der Waals surface area contributed by atoms with E-state index in [9.17, 15) is 0 Å². The van der Waals surface area contributed by atoms with E-state index in [1.54, 1.807) is 0 Å². The highest BCUT2D eigenvalue weighted by molar-refractivity contribution is 4.91. The lowest BCUT2D eigenvalue weighted by molar-refractivity contribution is -0.0255. The van der Waals surface area contributed by atoms with E-state index < -0.39 is 0 Å². The van der Waals surface area contributed by atoms with E-state index in [0.717, 1.165) is 32.2 Å². The molecule has 0 bridgehead atoms. The Bertz CT molecular complexity index is 293. The summed E-state index contributed by atoms with van der Waals surface area (Å²) in [7, 11) is 0. The van der Waals surface area contributed by atoms with Gasteiger partial charge in [-0.15, -0.1) is 0 Å². The van der Waals surface area contributed by atoms with E-state index in [1.165, 1.54) is 32.2 Å². The lowest BCUT2D eigenvalue weighted by Crippen LogP contribution is -2.52. The monoisotopic (exact) mass is 282 g/mol. The van der Waals surface area contributed by atoms with Crippen molar-refractivity contribution < 1.29 is 4.74 Å². The molecule has 0 aromatic rings. The molecule has 20 heavy (non-hydrogen) atoms. The highest BCUT2D eigenvalue weighted by atomic mass is 16.5. The van der Waals surface area contributed by atoms with Crippen molar-refractivity contribution in [2.75, 3.05) is 32.8 Å². The Kier molecular flexibility index (Phi) is 5.88. The second-order valence-electron chi connectivity index (χ2n) is 7.46. The van der Waals surface area contributed by atoms with Crippen LogP contribution in [0, 0.1) is 11.3 Å². The molecule has 2 fully saturated rings. The Morgan fingerprint density at radius 2 is 2.10 bits per heavy atom. The normalized spacial score (nSPS) is 35.1. The van der Waals surface area contributed by atoms with Gasteiger partial charge in [0.15, 0.2) is 0 Å². The summed E-state index contributed by atoms with van der Waals surface area (Å²) in [6, 6.07) is 1.35. The minimum absolute atomic E-state index is 0.518. The second-order valence-corrected chi connectivity index (χ2v) is 7.46. The number of morpholine rings is 1. The summed E-state index contributed by atoms with van der Waals surface area (Å²) in [5.74, 6) is 0.797. The van der Waals surface area contributed by atoms with Gasteiger partial charge in [0.05, 0.1) is 13.2 Å². The van der Waals surface area contributed by atoms with Crippen molar-refractivity contribution in [2.24, 2.45) is 11.3 Å². The summed E-state index contributed by atoms with van der Waals surface area (Å²) >= 11 is 0. The predicted octanol–water partition coefficient (Wildman–Crippen LogP) is 2.90. The fraction of sp³-hybridized carbons (Fsp3) is 1.00. The lowest BCUT2D eigenvalue weighted by atomic mass is 9.69. The fourth-order valence-electron chi connectivity index (χ4n) is 4.07. The minimum Gasteiger partial charge on any atom is -0.378 e. The highest BCUT2D eigenvalue weighted by Gasteiger charge is 2.36. The molecule has 0 radical (unpaired) electrons. The van der Waals surface area contributed by atoms with Crippen LogP contribution < -0.4 is 5.32 Å². The van der Waals surface area contributed by atoms with E-state index in [0.29, 0.717) is 17.5 Å². The molecule has 2 aliphatic rings. The number of rotatable bonds is 5. The Morgan fingerprint density at radius 1 is 1.30 bits per heavy atom. The van der Waals surface area contributed by atoms with Gasteiger partial charge in [0, 0.05) is 25.2 Å². The first-order valence-corrected chi connectivity index (χ1v) is 8.61. The standard InChI is InChI=1S/C17H34N2O/c1-5-15-13-20-10-9-19(15)12-14-11-17(3,4)8-7-16(14)18-6-2/h14-16,18H,5-13H2,1-4H3. The van der Waals surface area contributed by atoms with E-state index in [2.05, 4.69) is 37.9 Å². The van der Waals surface area contributed by atoms with Crippen molar-refractivity contribution in [1.82, 2.24) is 10.2 Å². The van der Waals surface area contributed by atoms with Crippen molar-refractivity contribution in [3.8, 4) is 0 Å². The molecule has 2 rings (SSSR count). The van der Waals surface area contributed by atoms with Crippen LogP contribution in [-0.2, 0) is 4.74 Å². The predicted molar refractivity (Wildman–Crippen MR) is 85.1 cm³/mol. The van der Waals surface area contributed by atoms with E-state index in [4.69, 9.17) is 4.74 Å². The van der Waals surface area contributed by atoms with Crippen molar-refractivity contribution in [3.63, 3.8) is 0 Å². The Hall–Kier alpha value is -0.120. The van der Waals surface area contributed by atoms with Crippen molar-refractivity contribution in [3.05, 3.63) is 0 Å². The molecule has 3 nitrogen and oxygen atoms in total. The van der Waals surface area contributed by atoms with Crippen molar-refractivity contribution in [1.29, 1.82) is 0 Å². The number of nitrogens with one attached hydrogen (secondary N) is 1. The molecule has 1 N–H and O–H groups in total. The quantitative estimate of drug-likeness (QED) is 0.839. The van der Waals surface area contributed by atoms with Gasteiger partial charge in [-0.1, -0.05) is 27.7 Å². The molecule has 1 saturated heterocycles. The average Bonchev–Trinajstić information content (AvgIpc) is 2.42. The largest absolute Gasteiger partial charge is 0.378 e. The summed E-state index contributed by atoms with van der Waals surface area (Å²) in [4.78, 5) is 2.69. The molecule has 3 atom stereocenters. The maximum Gasteiger partial charge on any atom is 0.0622 e. The van der Waals surface area contributed by atoms with Gasteiger partial charge in [0.25, 0.3) is 0 Å². The molecular formula is C17H34N2O. The maximum atomic E-state index is 5.65. The smallest absolute Gasteiger partial charge is 0.0622 e. The third kappa shape index (κ3) is 4.19. The first-order chi connectivity index (χ1) is 9.55. The molecule has 1 aliphatic carbocycles. The van der Waals surface area contributed by atoms with Crippen LogP contribution >= 0.6 is 0 Å². The zero-order chi connectivity index (χ0) is 14.6. The van der Waals surface area contributed by atoms with Gasteiger partial charge in [-0.2, -0.15) is 0 Å². The van der Waals surface area contributed by atoms with Crippen LogP contribution in [0.2, 0.25) is 0 Å². The summed E-state index contributed by atoms with van der Waals surface area (Å²) in [6.07, 6.45) is 5.27. The summed E-state index contributed by atoms with van der Waals surface area (Å²) < 4.78 is 5.65. The van der Waals surface area contributed by atoms with Crippen molar-refractivity contribution in [2.45, 2.75) is 65.5 Å². The number of hydrogen-bond donors (Lipinski definition) is 1. The third-order valence-electron chi connectivity index (χ3n) is 5.27. The van der Waals surface area contributed by atoms with Crippen LogP contribution in [0.25, 0.3) is 0 Å². The summed E-state index contributed by atoms with van der Waals surface area (Å²) in [5.41, 5.74) is 0.518. The molecule has 3 unspecified atom stereocenters. The van der Waals surface area contributed by atoms with E-state index in [1.807, 2.05) is 0 Å². The number of nitrogens with zero attached hydrogens (tertiary/aromatic N) is 1.